The second kappa shape index (κ2) is 8.26. The highest BCUT2D eigenvalue weighted by atomic mass is 16.5. The molecule has 3 N–H and O–H groups in total. The molecule has 2 aliphatic rings. The van der Waals surface area contributed by atoms with Gasteiger partial charge in [-0.25, -0.2) is 5.06 Å². The van der Waals surface area contributed by atoms with Crippen molar-refractivity contribution < 1.29 is 14.8 Å². The Bertz CT molecular complexity index is 801. The van der Waals surface area contributed by atoms with E-state index in [2.05, 4.69) is 0 Å². The van der Waals surface area contributed by atoms with Crippen LogP contribution in [0.25, 0.3) is 0 Å². The zero-order chi connectivity index (χ0) is 20.3. The van der Waals surface area contributed by atoms with E-state index in [1.54, 1.807) is 29.3 Å². The molecule has 1 aromatic heterocycles. The van der Waals surface area contributed by atoms with Crippen molar-refractivity contribution in [2.75, 3.05) is 13.1 Å². The summed E-state index contributed by atoms with van der Waals surface area (Å²) in [6, 6.07) is 4.76. The van der Waals surface area contributed by atoms with E-state index in [1.807, 2.05) is 6.92 Å². The number of likely N-dealkylation sites (tertiary alicyclic amines) is 1. The standard InChI is InChI=1S/C20H29N5O3/c1-2-3-6-15(12-23(28)14-26)19(27)25-13-20(8-9-20)11-16(25)18(22)24-10-5-4-7-17(24)21/h4-5,7,10,14-16,21-22,28H,2-3,6,8-9,11-13H2,1H3. The number of hydrogen-bond donors (Lipinski definition) is 3. The van der Waals surface area contributed by atoms with E-state index in [9.17, 15) is 14.8 Å². The molecular weight excluding hydrogens is 358 g/mol. The number of aromatic nitrogens is 1. The van der Waals surface area contributed by atoms with E-state index >= 15 is 0 Å². The van der Waals surface area contributed by atoms with Crippen LogP contribution in [0.5, 0.6) is 0 Å². The van der Waals surface area contributed by atoms with Crippen LogP contribution < -0.4 is 5.49 Å². The maximum atomic E-state index is 13.4. The van der Waals surface area contributed by atoms with Gasteiger partial charge < -0.3 is 4.90 Å². The molecule has 2 atom stereocenters. The molecule has 8 heteroatoms. The Morgan fingerprint density at radius 2 is 2.21 bits per heavy atom. The van der Waals surface area contributed by atoms with Gasteiger partial charge in [0.2, 0.25) is 12.3 Å². The van der Waals surface area contributed by atoms with Gasteiger partial charge in [-0.3, -0.25) is 30.2 Å². The molecule has 2 heterocycles. The summed E-state index contributed by atoms with van der Waals surface area (Å²) in [6.07, 6.45) is 7.17. The third-order valence-electron chi connectivity index (χ3n) is 5.97. The van der Waals surface area contributed by atoms with Crippen LogP contribution in [0.4, 0.5) is 0 Å². The second-order valence-corrected chi connectivity index (χ2v) is 8.09. The van der Waals surface area contributed by atoms with Crippen molar-refractivity contribution in [2.45, 2.75) is 51.5 Å². The molecule has 2 amide bonds. The lowest BCUT2D eigenvalue weighted by molar-refractivity contribution is -0.157. The molecule has 1 saturated carbocycles. The molecule has 2 fully saturated rings. The van der Waals surface area contributed by atoms with Gasteiger partial charge in [0.05, 0.1) is 18.5 Å². The SMILES string of the molecule is CCCCC(CN(O)C=O)C(=O)N1CC2(CC2)CC1C(=N)n1ccccc1=N. The summed E-state index contributed by atoms with van der Waals surface area (Å²) in [5.74, 6) is -0.375. The summed E-state index contributed by atoms with van der Waals surface area (Å²) in [5, 5.41) is 27.0. The first kappa shape index (κ1) is 20.3. The normalized spacial score (nSPS) is 20.8. The highest BCUT2D eigenvalue weighted by Crippen LogP contribution is 2.55. The number of hydrogen-bond acceptors (Lipinski definition) is 5. The fraction of sp³-hybridized carbons (Fsp3) is 0.600. The predicted molar refractivity (Wildman–Crippen MR) is 103 cm³/mol. The lowest BCUT2D eigenvalue weighted by Gasteiger charge is -2.30. The van der Waals surface area contributed by atoms with Crippen LogP contribution in [0, 0.1) is 22.2 Å². The molecule has 8 nitrogen and oxygen atoms in total. The first-order valence-corrected chi connectivity index (χ1v) is 9.93. The van der Waals surface area contributed by atoms with Crippen molar-refractivity contribution in [3.8, 4) is 0 Å². The summed E-state index contributed by atoms with van der Waals surface area (Å²) in [6.45, 7) is 2.61. The molecule has 1 saturated heterocycles. The topological polar surface area (TPSA) is 113 Å². The minimum Gasteiger partial charge on any atom is -0.332 e. The number of amides is 2. The van der Waals surface area contributed by atoms with Gasteiger partial charge in [-0.2, -0.15) is 0 Å². The predicted octanol–water partition coefficient (Wildman–Crippen LogP) is 1.83. The van der Waals surface area contributed by atoms with Gasteiger partial charge in [-0.15, -0.1) is 0 Å². The minimum absolute atomic E-state index is 0.0337. The third-order valence-corrected chi connectivity index (χ3v) is 5.97. The number of unbranched alkanes of at least 4 members (excludes halogenated alkanes) is 1. The Hall–Kier alpha value is -2.48. The van der Waals surface area contributed by atoms with E-state index in [1.165, 1.54) is 4.57 Å². The number of rotatable bonds is 8. The molecule has 1 spiro atoms. The molecule has 0 bridgehead atoms. The van der Waals surface area contributed by atoms with Crippen LogP contribution in [0.2, 0.25) is 0 Å². The Labute approximate surface area is 164 Å². The molecule has 1 aliphatic carbocycles. The molecular formula is C20H29N5O3. The third kappa shape index (κ3) is 4.16. The van der Waals surface area contributed by atoms with Crippen molar-refractivity contribution in [3.63, 3.8) is 0 Å². The second-order valence-electron chi connectivity index (χ2n) is 8.09. The smallest absolute Gasteiger partial charge is 0.233 e. The first-order chi connectivity index (χ1) is 13.4. The van der Waals surface area contributed by atoms with Crippen molar-refractivity contribution in [3.05, 3.63) is 29.9 Å². The van der Waals surface area contributed by atoms with Crippen LogP contribution in [0.1, 0.15) is 45.4 Å². The summed E-state index contributed by atoms with van der Waals surface area (Å²) >= 11 is 0. The maximum absolute atomic E-state index is 13.4. The van der Waals surface area contributed by atoms with Gasteiger partial charge in [0.25, 0.3) is 0 Å². The number of pyridine rings is 1. The van der Waals surface area contributed by atoms with Gasteiger partial charge >= 0.3 is 0 Å². The molecule has 152 valence electrons. The highest BCUT2D eigenvalue weighted by Gasteiger charge is 2.55. The van der Waals surface area contributed by atoms with Crippen LogP contribution in [0.15, 0.2) is 24.4 Å². The molecule has 0 radical (unpaired) electrons. The number of carbonyl (C=O) groups excluding carboxylic acids is 2. The molecule has 0 aromatic carbocycles. The van der Waals surface area contributed by atoms with Gasteiger partial charge in [0.1, 0.15) is 11.3 Å². The summed E-state index contributed by atoms with van der Waals surface area (Å²) in [7, 11) is 0. The van der Waals surface area contributed by atoms with E-state index < -0.39 is 5.92 Å². The lowest BCUT2D eigenvalue weighted by atomic mass is 9.99. The number of nitrogens with one attached hydrogen (secondary N) is 2. The van der Waals surface area contributed by atoms with Crippen molar-refractivity contribution >= 4 is 18.2 Å². The first-order valence-electron chi connectivity index (χ1n) is 9.93. The van der Waals surface area contributed by atoms with Crippen LogP contribution in [-0.4, -0.2) is 57.0 Å². The summed E-state index contributed by atoms with van der Waals surface area (Å²) in [4.78, 5) is 26.0. The zero-order valence-electron chi connectivity index (χ0n) is 16.3. The Kier molecular flexibility index (Phi) is 5.98. The van der Waals surface area contributed by atoms with Crippen molar-refractivity contribution in [1.82, 2.24) is 14.5 Å². The van der Waals surface area contributed by atoms with Gasteiger partial charge in [0, 0.05) is 12.7 Å². The fourth-order valence-electron chi connectivity index (χ4n) is 4.13. The highest BCUT2D eigenvalue weighted by molar-refractivity contribution is 5.92. The van der Waals surface area contributed by atoms with Gasteiger partial charge in [-0.1, -0.05) is 25.8 Å². The monoisotopic (exact) mass is 387 g/mol. The van der Waals surface area contributed by atoms with Crippen molar-refractivity contribution in [2.24, 2.45) is 11.3 Å². The quantitative estimate of drug-likeness (QED) is 0.208. The molecule has 1 aromatic rings. The largest absolute Gasteiger partial charge is 0.332 e. The van der Waals surface area contributed by atoms with E-state index in [0.29, 0.717) is 24.4 Å². The summed E-state index contributed by atoms with van der Waals surface area (Å²) < 4.78 is 1.51. The van der Waals surface area contributed by atoms with Crippen LogP contribution >= 0.6 is 0 Å². The molecule has 2 unspecified atom stereocenters. The molecule has 3 rings (SSSR count). The van der Waals surface area contributed by atoms with Crippen molar-refractivity contribution in [1.29, 1.82) is 10.8 Å². The average Bonchev–Trinajstić information content (AvgIpc) is 3.34. The molecule has 1 aliphatic heterocycles. The Morgan fingerprint density at radius 3 is 2.82 bits per heavy atom. The number of nitrogens with zero attached hydrogens (tertiary/aromatic N) is 3. The van der Waals surface area contributed by atoms with Crippen LogP contribution in [0.3, 0.4) is 0 Å². The average molecular weight is 387 g/mol. The Morgan fingerprint density at radius 1 is 1.46 bits per heavy atom. The number of hydroxylamine groups is 2. The van der Waals surface area contributed by atoms with E-state index in [-0.39, 0.29) is 35.2 Å². The summed E-state index contributed by atoms with van der Waals surface area (Å²) in [5.41, 5.74) is 0.296. The van der Waals surface area contributed by atoms with E-state index in [4.69, 9.17) is 10.8 Å². The lowest BCUT2D eigenvalue weighted by Crippen LogP contribution is -2.48. The van der Waals surface area contributed by atoms with Gasteiger partial charge in [-0.05, 0) is 43.2 Å². The van der Waals surface area contributed by atoms with Crippen LogP contribution in [-0.2, 0) is 9.59 Å². The maximum Gasteiger partial charge on any atom is 0.233 e. The Balaban J connectivity index is 1.85. The van der Waals surface area contributed by atoms with E-state index in [0.717, 1.165) is 32.1 Å². The van der Waals surface area contributed by atoms with Gasteiger partial charge in [0.15, 0.2) is 0 Å². The molecule has 28 heavy (non-hydrogen) atoms. The zero-order valence-corrected chi connectivity index (χ0v) is 16.3. The fourth-order valence-corrected chi connectivity index (χ4v) is 4.13. The minimum atomic E-state index is -0.490. The number of carbonyl (C=O) groups is 2.